The number of aromatic amines is 2. The predicted octanol–water partition coefficient (Wildman–Crippen LogP) is 4.89. The third-order valence-corrected chi connectivity index (χ3v) is 6.86. The number of aromatic nitrogens is 2. The Bertz CT molecular complexity index is 1220. The third-order valence-electron chi connectivity index (χ3n) is 5.68. The SMILES string of the molecule is COc1cccc(Nc2[nH][nH]c3c4cc(OC)c(OCCOCCOCCSCC(C)O)cc4cc2-3)c1. The first-order chi connectivity index (χ1) is 18.1. The first-order valence-electron chi connectivity index (χ1n) is 12.2. The van der Waals surface area contributed by atoms with Crippen molar-refractivity contribution < 1.29 is 28.8 Å². The fourth-order valence-corrected chi connectivity index (χ4v) is 4.67. The molecule has 0 bridgehead atoms. The van der Waals surface area contributed by atoms with Gasteiger partial charge in [0.1, 0.15) is 18.2 Å². The van der Waals surface area contributed by atoms with Crippen molar-refractivity contribution in [1.29, 1.82) is 0 Å². The maximum absolute atomic E-state index is 9.23. The fourth-order valence-electron chi connectivity index (χ4n) is 3.93. The Labute approximate surface area is 221 Å². The summed E-state index contributed by atoms with van der Waals surface area (Å²) in [5, 5.41) is 21.2. The molecule has 37 heavy (non-hydrogen) atoms. The molecular weight excluding hydrogens is 494 g/mol. The highest BCUT2D eigenvalue weighted by Gasteiger charge is 2.19. The van der Waals surface area contributed by atoms with E-state index in [2.05, 4.69) is 21.6 Å². The average molecular weight is 530 g/mol. The van der Waals surface area contributed by atoms with Crippen molar-refractivity contribution in [3.8, 4) is 28.5 Å². The van der Waals surface area contributed by atoms with Gasteiger partial charge >= 0.3 is 0 Å². The van der Waals surface area contributed by atoms with E-state index in [-0.39, 0.29) is 6.10 Å². The highest BCUT2D eigenvalue weighted by atomic mass is 32.2. The Morgan fingerprint density at radius 3 is 2.51 bits per heavy atom. The topological polar surface area (TPSA) is 110 Å². The largest absolute Gasteiger partial charge is 0.497 e. The number of H-pyrrole nitrogens is 2. The first kappa shape index (κ1) is 27.0. The number of rotatable bonds is 16. The van der Waals surface area contributed by atoms with Crippen LogP contribution < -0.4 is 19.5 Å². The van der Waals surface area contributed by atoms with Crippen LogP contribution in [0.25, 0.3) is 22.0 Å². The van der Waals surface area contributed by atoms with Crippen LogP contribution in [0, 0.1) is 0 Å². The molecule has 1 atom stereocenters. The second kappa shape index (κ2) is 13.5. The number of hydrogen-bond donors (Lipinski definition) is 4. The van der Waals surface area contributed by atoms with Gasteiger partial charge in [0.05, 0.1) is 52.4 Å². The van der Waals surface area contributed by atoms with Crippen LogP contribution in [0.4, 0.5) is 11.5 Å². The summed E-state index contributed by atoms with van der Waals surface area (Å²) < 4.78 is 28.1. The number of benzene rings is 2. The van der Waals surface area contributed by atoms with Crippen molar-refractivity contribution in [1.82, 2.24) is 10.2 Å². The molecule has 10 heteroatoms. The number of fused-ring (bicyclic) bond motifs is 3. The van der Waals surface area contributed by atoms with Crippen LogP contribution in [0.2, 0.25) is 0 Å². The number of thioether (sulfide) groups is 1. The second-order valence-electron chi connectivity index (χ2n) is 8.50. The quantitative estimate of drug-likeness (QED) is 0.152. The van der Waals surface area contributed by atoms with E-state index in [4.69, 9.17) is 23.7 Å². The van der Waals surface area contributed by atoms with Crippen LogP contribution in [-0.2, 0) is 9.47 Å². The summed E-state index contributed by atoms with van der Waals surface area (Å²) in [7, 11) is 3.29. The third kappa shape index (κ3) is 7.26. The van der Waals surface area contributed by atoms with E-state index in [1.54, 1.807) is 32.9 Å². The van der Waals surface area contributed by atoms with E-state index in [0.29, 0.717) is 44.5 Å². The highest BCUT2D eigenvalue weighted by molar-refractivity contribution is 7.99. The molecule has 0 amide bonds. The molecule has 1 heterocycles. The van der Waals surface area contributed by atoms with Gasteiger partial charge in [-0.1, -0.05) is 6.07 Å². The van der Waals surface area contributed by atoms with Gasteiger partial charge in [0.25, 0.3) is 0 Å². The summed E-state index contributed by atoms with van der Waals surface area (Å²) >= 11 is 1.68. The lowest BCUT2D eigenvalue weighted by Gasteiger charge is -2.12. The minimum atomic E-state index is -0.279. The molecule has 2 aliphatic rings. The van der Waals surface area contributed by atoms with Crippen LogP contribution in [0.3, 0.4) is 0 Å². The Hall–Kier alpha value is -3.05. The number of hydrogen-bond acceptors (Lipinski definition) is 8. The van der Waals surface area contributed by atoms with Gasteiger partial charge < -0.3 is 34.1 Å². The second-order valence-corrected chi connectivity index (χ2v) is 9.65. The molecule has 1 aliphatic heterocycles. The maximum atomic E-state index is 9.23. The van der Waals surface area contributed by atoms with Crippen LogP contribution >= 0.6 is 11.8 Å². The Kier molecular flexibility index (Phi) is 9.84. The van der Waals surface area contributed by atoms with Crippen molar-refractivity contribution >= 4 is 34.0 Å². The van der Waals surface area contributed by atoms with E-state index in [1.165, 1.54) is 0 Å². The molecule has 0 saturated heterocycles. The molecule has 0 fully saturated rings. The van der Waals surface area contributed by atoms with Crippen molar-refractivity contribution in [2.45, 2.75) is 13.0 Å². The summed E-state index contributed by atoms with van der Waals surface area (Å²) in [6.07, 6.45) is -0.279. The zero-order valence-electron chi connectivity index (χ0n) is 21.5. The molecule has 200 valence electrons. The number of anilines is 2. The zero-order valence-corrected chi connectivity index (χ0v) is 22.3. The Balaban J connectivity index is 1.30. The van der Waals surface area contributed by atoms with Crippen LogP contribution in [0.1, 0.15) is 6.92 Å². The summed E-state index contributed by atoms with van der Waals surface area (Å²) in [4.78, 5) is 0. The van der Waals surface area contributed by atoms with E-state index in [9.17, 15) is 5.11 Å². The number of nitrogens with one attached hydrogen (secondary N) is 3. The van der Waals surface area contributed by atoms with Gasteiger partial charge in [-0.2, -0.15) is 11.8 Å². The molecule has 0 spiro atoms. The molecule has 2 aromatic carbocycles. The van der Waals surface area contributed by atoms with Gasteiger partial charge in [-0.3, -0.25) is 10.2 Å². The minimum Gasteiger partial charge on any atom is -0.497 e. The highest BCUT2D eigenvalue weighted by Crippen LogP contribution is 2.43. The summed E-state index contributed by atoms with van der Waals surface area (Å²) in [6, 6.07) is 13.9. The standard InChI is InChI=1S/C27H35N3O6S/c1-18(31)17-37-12-11-35-8-7-34-9-10-36-25-14-19-13-23-26(22(19)16-24(25)33-3)29-30-27(23)28-20-5-4-6-21(15-20)32-2/h4-6,13-16,18,28-31H,7-12,17H2,1-3H3. The molecule has 4 N–H and O–H groups in total. The molecule has 2 aromatic rings. The monoisotopic (exact) mass is 529 g/mol. The summed E-state index contributed by atoms with van der Waals surface area (Å²) in [5.41, 5.74) is 2.94. The lowest BCUT2D eigenvalue weighted by Crippen LogP contribution is -2.12. The smallest absolute Gasteiger partial charge is 0.161 e. The molecule has 4 rings (SSSR count). The Morgan fingerprint density at radius 1 is 0.919 bits per heavy atom. The van der Waals surface area contributed by atoms with Gasteiger partial charge in [0, 0.05) is 34.2 Å². The molecule has 1 aliphatic carbocycles. The van der Waals surface area contributed by atoms with Gasteiger partial charge in [0.15, 0.2) is 11.5 Å². The minimum absolute atomic E-state index is 0.279. The Morgan fingerprint density at radius 2 is 1.73 bits per heavy atom. The molecule has 0 saturated carbocycles. The van der Waals surface area contributed by atoms with Gasteiger partial charge in [-0.15, -0.1) is 0 Å². The summed E-state index contributed by atoms with van der Waals surface area (Å²) in [6.45, 7) is 4.33. The molecule has 0 aromatic heterocycles. The maximum Gasteiger partial charge on any atom is 0.161 e. The summed E-state index contributed by atoms with van der Waals surface area (Å²) in [5.74, 6) is 4.57. The van der Waals surface area contributed by atoms with E-state index in [1.807, 2.05) is 36.4 Å². The predicted molar refractivity (Wildman–Crippen MR) is 148 cm³/mol. The lowest BCUT2D eigenvalue weighted by molar-refractivity contribution is 0.0409. The van der Waals surface area contributed by atoms with Crippen molar-refractivity contribution in [2.75, 3.05) is 64.1 Å². The number of ether oxygens (including phenoxy) is 5. The van der Waals surface area contributed by atoms with Gasteiger partial charge in [-0.25, -0.2) is 0 Å². The van der Waals surface area contributed by atoms with Crippen LogP contribution in [0.5, 0.6) is 17.2 Å². The molecule has 9 nitrogen and oxygen atoms in total. The molecule has 1 unspecified atom stereocenters. The van der Waals surface area contributed by atoms with Crippen LogP contribution in [-0.4, -0.2) is 80.2 Å². The lowest BCUT2D eigenvalue weighted by atomic mass is 10.2. The van der Waals surface area contributed by atoms with Gasteiger partial charge in [0.2, 0.25) is 0 Å². The normalized spacial score (nSPS) is 12.2. The van der Waals surface area contributed by atoms with Crippen molar-refractivity contribution in [3.05, 3.63) is 42.5 Å². The zero-order chi connectivity index (χ0) is 26.0. The molecule has 0 radical (unpaired) electrons. The van der Waals surface area contributed by atoms with Gasteiger partial charge in [-0.05, 0) is 42.6 Å². The first-order valence-corrected chi connectivity index (χ1v) is 13.4. The molecular formula is C27H35N3O6S. The van der Waals surface area contributed by atoms with E-state index < -0.39 is 0 Å². The number of aliphatic hydroxyl groups is 1. The van der Waals surface area contributed by atoms with Crippen molar-refractivity contribution in [3.63, 3.8) is 0 Å². The van der Waals surface area contributed by atoms with Crippen molar-refractivity contribution in [2.24, 2.45) is 0 Å². The fraction of sp³-hybridized carbons (Fsp3) is 0.407. The average Bonchev–Trinajstić information content (AvgIpc) is 3.45. The van der Waals surface area contributed by atoms with E-state index >= 15 is 0 Å². The van der Waals surface area contributed by atoms with E-state index in [0.717, 1.165) is 50.8 Å². The van der Waals surface area contributed by atoms with Crippen LogP contribution in [0.15, 0.2) is 42.5 Å². The number of aliphatic hydroxyl groups excluding tert-OH is 1. The number of methoxy groups -OCH3 is 2.